The monoisotopic (exact) mass is 262 g/mol. The molecule has 0 aromatic carbocycles. The van der Waals surface area contributed by atoms with Crippen LogP contribution < -0.4 is 0 Å². The molecule has 3 nitrogen and oxygen atoms in total. The predicted molar refractivity (Wildman–Crippen MR) is 72.2 cm³/mol. The summed E-state index contributed by atoms with van der Waals surface area (Å²) in [5.41, 5.74) is 1.23. The zero-order valence-corrected chi connectivity index (χ0v) is 11.4. The maximum atomic E-state index is 12.4. The molecule has 0 radical (unpaired) electrons. The first kappa shape index (κ1) is 13.2. The normalized spacial score (nSPS) is 25.3. The molecule has 4 heteroatoms. The molecule has 1 aromatic heterocycles. The highest BCUT2D eigenvalue weighted by molar-refractivity contribution is 7.84. The molecule has 1 heterocycles. The van der Waals surface area contributed by atoms with Gasteiger partial charge in [0, 0.05) is 27.8 Å². The molecule has 0 spiro atoms. The molecule has 1 aliphatic carbocycles. The van der Waals surface area contributed by atoms with Crippen molar-refractivity contribution >= 4 is 10.8 Å². The summed E-state index contributed by atoms with van der Waals surface area (Å²) in [6.07, 6.45) is 6.14. The minimum Gasteiger partial charge on any atom is -0.259 e. The van der Waals surface area contributed by atoms with Crippen LogP contribution in [0.2, 0.25) is 0 Å². The number of aromatic nitrogens is 1. The van der Waals surface area contributed by atoms with Crippen molar-refractivity contribution in [2.45, 2.75) is 43.6 Å². The number of nitriles is 1. The van der Waals surface area contributed by atoms with Crippen molar-refractivity contribution in [1.82, 2.24) is 4.98 Å². The van der Waals surface area contributed by atoms with Crippen LogP contribution in [0.25, 0.3) is 0 Å². The quantitative estimate of drug-likeness (QED) is 0.841. The van der Waals surface area contributed by atoms with Gasteiger partial charge in [-0.25, -0.2) is 4.98 Å². The zero-order valence-electron chi connectivity index (χ0n) is 10.6. The summed E-state index contributed by atoms with van der Waals surface area (Å²) in [4.78, 5) is 4.01. The third-order valence-electron chi connectivity index (χ3n) is 3.56. The van der Waals surface area contributed by atoms with Gasteiger partial charge in [0.2, 0.25) is 0 Å². The van der Waals surface area contributed by atoms with Gasteiger partial charge in [-0.1, -0.05) is 25.8 Å². The molecule has 0 amide bonds. The molecular weight excluding hydrogens is 244 g/mol. The van der Waals surface area contributed by atoms with Crippen LogP contribution in [0.15, 0.2) is 18.3 Å². The van der Waals surface area contributed by atoms with Crippen LogP contribution in [-0.2, 0) is 16.6 Å². The van der Waals surface area contributed by atoms with Crippen molar-refractivity contribution in [2.24, 2.45) is 5.92 Å². The summed E-state index contributed by atoms with van der Waals surface area (Å²) >= 11 is 0. The van der Waals surface area contributed by atoms with Crippen LogP contribution in [0.5, 0.6) is 0 Å². The molecule has 0 N–H and O–H groups in total. The van der Waals surface area contributed by atoms with Crippen LogP contribution >= 0.6 is 0 Å². The van der Waals surface area contributed by atoms with Crippen molar-refractivity contribution in [3.8, 4) is 6.07 Å². The zero-order chi connectivity index (χ0) is 13.0. The van der Waals surface area contributed by atoms with Gasteiger partial charge < -0.3 is 0 Å². The Hall–Kier alpha value is -1.21. The maximum Gasteiger partial charge on any atom is 0.144 e. The highest BCUT2D eigenvalue weighted by atomic mass is 32.2. The Bertz CT molecular complexity index is 481. The summed E-state index contributed by atoms with van der Waals surface area (Å²) < 4.78 is 12.4. The van der Waals surface area contributed by atoms with Gasteiger partial charge in [-0.2, -0.15) is 5.26 Å². The lowest BCUT2D eigenvalue weighted by molar-refractivity contribution is 0.389. The van der Waals surface area contributed by atoms with E-state index < -0.39 is 10.8 Å². The highest BCUT2D eigenvalue weighted by Gasteiger charge is 2.24. The lowest BCUT2D eigenvalue weighted by atomic mass is 9.91. The van der Waals surface area contributed by atoms with Gasteiger partial charge in [0.1, 0.15) is 11.8 Å². The topological polar surface area (TPSA) is 53.8 Å². The van der Waals surface area contributed by atoms with Crippen LogP contribution in [0, 0.1) is 17.2 Å². The van der Waals surface area contributed by atoms with Crippen LogP contribution in [0.4, 0.5) is 0 Å². The molecule has 0 aliphatic heterocycles. The summed E-state index contributed by atoms with van der Waals surface area (Å²) in [6.45, 7) is 2.23. The van der Waals surface area contributed by atoms with E-state index >= 15 is 0 Å². The van der Waals surface area contributed by atoms with Crippen molar-refractivity contribution < 1.29 is 4.21 Å². The van der Waals surface area contributed by atoms with E-state index in [2.05, 4.69) is 18.0 Å². The fourth-order valence-electron chi connectivity index (χ4n) is 2.54. The van der Waals surface area contributed by atoms with Gasteiger partial charge in [-0.15, -0.1) is 0 Å². The Kier molecular flexibility index (Phi) is 4.48. The number of nitrogens with zero attached hydrogens (tertiary/aromatic N) is 2. The summed E-state index contributed by atoms with van der Waals surface area (Å²) in [6, 6.07) is 5.73. The van der Waals surface area contributed by atoms with Gasteiger partial charge in [0.15, 0.2) is 0 Å². The first-order valence-electron chi connectivity index (χ1n) is 6.42. The van der Waals surface area contributed by atoms with Gasteiger partial charge in [0.05, 0.1) is 5.75 Å². The average Bonchev–Trinajstić information content (AvgIpc) is 2.39. The van der Waals surface area contributed by atoms with Crippen molar-refractivity contribution in [1.29, 1.82) is 5.26 Å². The van der Waals surface area contributed by atoms with E-state index in [1.807, 2.05) is 6.07 Å². The van der Waals surface area contributed by atoms with E-state index in [1.54, 1.807) is 12.3 Å². The number of hydrogen-bond acceptors (Lipinski definition) is 3. The van der Waals surface area contributed by atoms with Gasteiger partial charge in [-0.3, -0.25) is 4.21 Å². The molecule has 2 rings (SSSR count). The molecule has 0 bridgehead atoms. The van der Waals surface area contributed by atoms with Gasteiger partial charge >= 0.3 is 0 Å². The van der Waals surface area contributed by atoms with E-state index in [0.717, 1.165) is 18.4 Å². The van der Waals surface area contributed by atoms with Crippen molar-refractivity contribution in [3.05, 3.63) is 29.6 Å². The molecule has 96 valence electrons. The molecule has 1 fully saturated rings. The Morgan fingerprint density at radius 3 is 3.11 bits per heavy atom. The Morgan fingerprint density at radius 1 is 1.56 bits per heavy atom. The molecule has 1 aliphatic rings. The average molecular weight is 262 g/mol. The number of hydrogen-bond donors (Lipinski definition) is 0. The number of pyridine rings is 1. The fraction of sp³-hybridized carbons (Fsp3) is 0.571. The molecule has 18 heavy (non-hydrogen) atoms. The van der Waals surface area contributed by atoms with Crippen LogP contribution in [0.1, 0.15) is 43.9 Å². The SMILES string of the molecule is CC1CCCC(S(=O)Cc2cccnc2C#N)C1. The lowest BCUT2D eigenvalue weighted by Crippen LogP contribution is -2.24. The Balaban J connectivity index is 2.05. The second kappa shape index (κ2) is 6.10. The van der Waals surface area contributed by atoms with Crippen molar-refractivity contribution in [2.75, 3.05) is 0 Å². The first-order valence-corrected chi connectivity index (χ1v) is 7.80. The summed E-state index contributed by atoms with van der Waals surface area (Å²) in [5.74, 6) is 1.14. The molecule has 3 unspecified atom stereocenters. The van der Waals surface area contributed by atoms with E-state index in [0.29, 0.717) is 22.6 Å². The Labute approximate surface area is 111 Å². The van der Waals surface area contributed by atoms with E-state index in [-0.39, 0.29) is 0 Å². The standard InChI is InChI=1S/C14H18N2OS/c1-11-4-2-6-13(8-11)18(17)10-12-5-3-7-16-14(12)9-15/h3,5,7,11,13H,2,4,6,8,10H2,1H3. The summed E-state index contributed by atoms with van der Waals surface area (Å²) in [7, 11) is -0.881. The third-order valence-corrected chi connectivity index (χ3v) is 5.32. The highest BCUT2D eigenvalue weighted by Crippen LogP contribution is 2.28. The minimum atomic E-state index is -0.881. The maximum absolute atomic E-state index is 12.4. The third kappa shape index (κ3) is 3.17. The molecule has 3 atom stereocenters. The first-order chi connectivity index (χ1) is 8.70. The molecule has 1 aromatic rings. The van der Waals surface area contributed by atoms with E-state index in [1.165, 1.54) is 12.8 Å². The lowest BCUT2D eigenvalue weighted by Gasteiger charge is -2.26. The second-order valence-electron chi connectivity index (χ2n) is 5.04. The van der Waals surface area contributed by atoms with E-state index in [4.69, 9.17) is 5.26 Å². The summed E-state index contributed by atoms with van der Waals surface area (Å²) in [5, 5.41) is 9.26. The minimum absolute atomic E-state index is 0.292. The number of rotatable bonds is 3. The van der Waals surface area contributed by atoms with Crippen LogP contribution in [-0.4, -0.2) is 14.4 Å². The van der Waals surface area contributed by atoms with E-state index in [9.17, 15) is 4.21 Å². The predicted octanol–water partition coefficient (Wildman–Crippen LogP) is 2.78. The second-order valence-corrected chi connectivity index (χ2v) is 6.76. The molecular formula is C14H18N2OS. The largest absolute Gasteiger partial charge is 0.259 e. The Morgan fingerprint density at radius 2 is 2.39 bits per heavy atom. The molecule has 1 saturated carbocycles. The van der Waals surface area contributed by atoms with Crippen LogP contribution in [0.3, 0.4) is 0 Å². The fourth-order valence-corrected chi connectivity index (χ4v) is 4.29. The van der Waals surface area contributed by atoms with Gasteiger partial charge in [0.25, 0.3) is 0 Å². The molecule has 0 saturated heterocycles. The smallest absolute Gasteiger partial charge is 0.144 e. The van der Waals surface area contributed by atoms with Gasteiger partial charge in [-0.05, 0) is 24.8 Å². The van der Waals surface area contributed by atoms with Crippen molar-refractivity contribution in [3.63, 3.8) is 0 Å².